The lowest BCUT2D eigenvalue weighted by Gasteiger charge is -2.36. The molecule has 1 heterocycles. The van der Waals surface area contributed by atoms with Gasteiger partial charge in [0, 0.05) is 6.54 Å². The molecule has 1 amide bonds. The maximum absolute atomic E-state index is 12.0. The van der Waals surface area contributed by atoms with Crippen LogP contribution < -0.4 is 4.74 Å². The van der Waals surface area contributed by atoms with E-state index in [0.717, 1.165) is 11.3 Å². The molecule has 1 fully saturated rings. The molecule has 1 saturated heterocycles. The second-order valence-corrected chi connectivity index (χ2v) is 4.64. The highest BCUT2D eigenvalue weighted by Crippen LogP contribution is 2.18. The summed E-state index contributed by atoms with van der Waals surface area (Å²) in [7, 11) is 1.64. The molecule has 0 spiro atoms. The zero-order valence-corrected chi connectivity index (χ0v) is 11.1. The SMILES string of the molecule is COc1ccc(CN2C(=O)C(C)OCC2C)cc1. The summed E-state index contributed by atoms with van der Waals surface area (Å²) in [6.45, 7) is 5.03. The van der Waals surface area contributed by atoms with Crippen LogP contribution in [0.4, 0.5) is 0 Å². The molecule has 1 aromatic rings. The van der Waals surface area contributed by atoms with Gasteiger partial charge in [-0.3, -0.25) is 4.79 Å². The predicted octanol–water partition coefficient (Wildman–Crippen LogP) is 1.83. The van der Waals surface area contributed by atoms with Crippen LogP contribution in [0.1, 0.15) is 19.4 Å². The molecule has 2 atom stereocenters. The summed E-state index contributed by atoms with van der Waals surface area (Å²) in [5, 5.41) is 0. The fourth-order valence-corrected chi connectivity index (χ4v) is 2.06. The molecule has 4 nitrogen and oxygen atoms in total. The number of carbonyl (C=O) groups is 1. The lowest BCUT2D eigenvalue weighted by molar-refractivity contribution is -0.157. The first kappa shape index (κ1) is 12.9. The molecule has 1 aliphatic heterocycles. The highest BCUT2D eigenvalue weighted by molar-refractivity contribution is 5.81. The van der Waals surface area contributed by atoms with Crippen molar-refractivity contribution in [2.45, 2.75) is 32.5 Å². The highest BCUT2D eigenvalue weighted by Gasteiger charge is 2.30. The van der Waals surface area contributed by atoms with Gasteiger partial charge >= 0.3 is 0 Å². The van der Waals surface area contributed by atoms with Crippen LogP contribution in [0.25, 0.3) is 0 Å². The number of amides is 1. The van der Waals surface area contributed by atoms with E-state index in [-0.39, 0.29) is 18.1 Å². The summed E-state index contributed by atoms with van der Waals surface area (Å²) in [6.07, 6.45) is -0.334. The van der Waals surface area contributed by atoms with Crippen molar-refractivity contribution in [2.24, 2.45) is 0 Å². The van der Waals surface area contributed by atoms with Crippen molar-refractivity contribution in [3.8, 4) is 5.75 Å². The van der Waals surface area contributed by atoms with Gasteiger partial charge in [-0.15, -0.1) is 0 Å². The van der Waals surface area contributed by atoms with E-state index in [0.29, 0.717) is 13.2 Å². The average molecular weight is 249 g/mol. The standard InChI is InChI=1S/C14H19NO3/c1-10-9-18-11(2)14(16)15(10)8-12-4-6-13(17-3)7-5-12/h4-7,10-11H,8-9H2,1-3H3. The van der Waals surface area contributed by atoms with Gasteiger partial charge in [-0.05, 0) is 31.5 Å². The summed E-state index contributed by atoms with van der Waals surface area (Å²) in [5.74, 6) is 0.887. The Bertz CT molecular complexity index is 416. The summed E-state index contributed by atoms with van der Waals surface area (Å²) >= 11 is 0. The molecule has 2 unspecified atom stereocenters. The van der Waals surface area contributed by atoms with Crippen molar-refractivity contribution in [1.82, 2.24) is 4.90 Å². The lowest BCUT2D eigenvalue weighted by Crippen LogP contribution is -2.51. The Morgan fingerprint density at radius 3 is 2.61 bits per heavy atom. The molecule has 18 heavy (non-hydrogen) atoms. The first-order valence-corrected chi connectivity index (χ1v) is 6.17. The smallest absolute Gasteiger partial charge is 0.252 e. The lowest BCUT2D eigenvalue weighted by atomic mass is 10.1. The fraction of sp³-hybridized carbons (Fsp3) is 0.500. The maximum Gasteiger partial charge on any atom is 0.252 e. The molecule has 1 aromatic carbocycles. The molecule has 4 heteroatoms. The molecule has 98 valence electrons. The number of rotatable bonds is 3. The molecular formula is C14H19NO3. The Kier molecular flexibility index (Phi) is 3.87. The van der Waals surface area contributed by atoms with Crippen molar-refractivity contribution in [1.29, 1.82) is 0 Å². The van der Waals surface area contributed by atoms with E-state index in [2.05, 4.69) is 0 Å². The van der Waals surface area contributed by atoms with Crippen LogP contribution in [0.2, 0.25) is 0 Å². The van der Waals surface area contributed by atoms with Gasteiger partial charge in [0.15, 0.2) is 0 Å². The average Bonchev–Trinajstić information content (AvgIpc) is 2.40. The van der Waals surface area contributed by atoms with Crippen molar-refractivity contribution in [3.05, 3.63) is 29.8 Å². The van der Waals surface area contributed by atoms with Crippen LogP contribution in [0.3, 0.4) is 0 Å². The van der Waals surface area contributed by atoms with E-state index in [4.69, 9.17) is 9.47 Å². The number of benzene rings is 1. The fourth-order valence-electron chi connectivity index (χ4n) is 2.06. The number of nitrogens with zero attached hydrogens (tertiary/aromatic N) is 1. The van der Waals surface area contributed by atoms with E-state index in [9.17, 15) is 4.79 Å². The first-order chi connectivity index (χ1) is 8.61. The summed E-state index contributed by atoms with van der Waals surface area (Å²) in [5.41, 5.74) is 1.10. The van der Waals surface area contributed by atoms with Crippen LogP contribution in [0.15, 0.2) is 24.3 Å². The maximum atomic E-state index is 12.0. The van der Waals surface area contributed by atoms with Crippen molar-refractivity contribution >= 4 is 5.91 Å². The van der Waals surface area contributed by atoms with Crippen LogP contribution in [0.5, 0.6) is 5.75 Å². The third kappa shape index (κ3) is 2.64. The Morgan fingerprint density at radius 1 is 1.33 bits per heavy atom. The monoisotopic (exact) mass is 249 g/mol. The minimum absolute atomic E-state index is 0.0598. The topological polar surface area (TPSA) is 38.8 Å². The Balaban J connectivity index is 2.08. The molecule has 0 radical (unpaired) electrons. The van der Waals surface area contributed by atoms with E-state index >= 15 is 0 Å². The predicted molar refractivity (Wildman–Crippen MR) is 68.4 cm³/mol. The van der Waals surface area contributed by atoms with Crippen molar-refractivity contribution < 1.29 is 14.3 Å². The Hall–Kier alpha value is -1.55. The Morgan fingerprint density at radius 2 is 2.00 bits per heavy atom. The quantitative estimate of drug-likeness (QED) is 0.820. The number of ether oxygens (including phenoxy) is 2. The zero-order valence-electron chi connectivity index (χ0n) is 11.1. The number of morpholine rings is 1. The van der Waals surface area contributed by atoms with Gasteiger partial charge in [-0.1, -0.05) is 12.1 Å². The van der Waals surface area contributed by atoms with Crippen molar-refractivity contribution in [2.75, 3.05) is 13.7 Å². The van der Waals surface area contributed by atoms with Crippen LogP contribution >= 0.6 is 0 Å². The second-order valence-electron chi connectivity index (χ2n) is 4.64. The molecule has 0 bridgehead atoms. The third-order valence-electron chi connectivity index (χ3n) is 3.26. The second kappa shape index (κ2) is 5.40. The third-order valence-corrected chi connectivity index (χ3v) is 3.26. The normalized spacial score (nSPS) is 24.2. The largest absolute Gasteiger partial charge is 0.497 e. The summed E-state index contributed by atoms with van der Waals surface area (Å²) < 4.78 is 10.5. The summed E-state index contributed by atoms with van der Waals surface area (Å²) in [4.78, 5) is 13.9. The van der Waals surface area contributed by atoms with E-state index in [1.807, 2.05) is 36.1 Å². The van der Waals surface area contributed by atoms with Crippen LogP contribution in [0, 0.1) is 0 Å². The number of carbonyl (C=O) groups excluding carboxylic acids is 1. The van der Waals surface area contributed by atoms with Gasteiger partial charge in [0.1, 0.15) is 11.9 Å². The molecule has 0 saturated carbocycles. The Labute approximate surface area is 107 Å². The minimum Gasteiger partial charge on any atom is -0.497 e. The molecule has 2 rings (SSSR count). The van der Waals surface area contributed by atoms with E-state index in [1.54, 1.807) is 14.0 Å². The van der Waals surface area contributed by atoms with Gasteiger partial charge in [-0.2, -0.15) is 0 Å². The highest BCUT2D eigenvalue weighted by atomic mass is 16.5. The van der Waals surface area contributed by atoms with E-state index in [1.165, 1.54) is 0 Å². The minimum atomic E-state index is -0.334. The van der Waals surface area contributed by atoms with Gasteiger partial charge in [0.25, 0.3) is 5.91 Å². The molecular weight excluding hydrogens is 230 g/mol. The first-order valence-electron chi connectivity index (χ1n) is 6.17. The molecule has 0 aliphatic carbocycles. The van der Waals surface area contributed by atoms with Crippen molar-refractivity contribution in [3.63, 3.8) is 0 Å². The zero-order chi connectivity index (χ0) is 13.1. The number of methoxy groups -OCH3 is 1. The van der Waals surface area contributed by atoms with Gasteiger partial charge < -0.3 is 14.4 Å². The van der Waals surface area contributed by atoms with Gasteiger partial charge in [0.05, 0.1) is 19.8 Å². The molecule has 0 aromatic heterocycles. The molecule has 1 aliphatic rings. The van der Waals surface area contributed by atoms with Crippen LogP contribution in [-0.4, -0.2) is 36.7 Å². The number of hydrogen-bond acceptors (Lipinski definition) is 3. The van der Waals surface area contributed by atoms with E-state index < -0.39 is 0 Å². The van der Waals surface area contributed by atoms with Crippen LogP contribution in [-0.2, 0) is 16.1 Å². The molecule has 0 N–H and O–H groups in total. The number of hydrogen-bond donors (Lipinski definition) is 0. The van der Waals surface area contributed by atoms with Gasteiger partial charge in [-0.25, -0.2) is 0 Å². The van der Waals surface area contributed by atoms with Gasteiger partial charge in [0.2, 0.25) is 0 Å². The summed E-state index contributed by atoms with van der Waals surface area (Å²) in [6, 6.07) is 7.91.